The van der Waals surface area contributed by atoms with E-state index in [0.717, 1.165) is 49.7 Å². The Morgan fingerprint density at radius 3 is 1.45 bits per heavy atom. The van der Waals surface area contributed by atoms with Crippen LogP contribution in [-0.2, 0) is 26.8 Å². The average Bonchev–Trinajstić information content (AvgIpc) is 2.91. The lowest BCUT2D eigenvalue weighted by Crippen LogP contribution is -2.69. The van der Waals surface area contributed by atoms with E-state index in [9.17, 15) is 24.9 Å². The fourth-order valence-electron chi connectivity index (χ4n) is 10.3. The molecule has 2 fully saturated rings. The number of nitrogens with zero attached hydrogens (tertiary/aromatic N) is 2. The monoisotopic (exact) mass is 685 g/mol. The predicted molar refractivity (Wildman–Crippen MR) is 202 cm³/mol. The van der Waals surface area contributed by atoms with Crippen LogP contribution >= 0.6 is 0 Å². The van der Waals surface area contributed by atoms with E-state index in [-0.39, 0.29) is 56.7 Å². The summed E-state index contributed by atoms with van der Waals surface area (Å²) in [7, 11) is 4.53. The highest BCUT2D eigenvalue weighted by Crippen LogP contribution is 2.61. The standard InChI is InChI=1S/C42H72N2O5/c1-36(2,3)29-24-27(25-30(33(29)45)37(4,5)6)26-42(21-17-18-28(34(46)47)35(48)49,31-19-22-38(7,8)43(15)40(31,11)12)32-20-23-39(9,10)44(16)41(32,13)14/h24-25,28,31-32,45H,17-23,26H2,1-16H3,(H,46,47)(H,48,49). The number of hydrogen-bond acceptors (Lipinski definition) is 5. The second-order valence-electron chi connectivity index (χ2n) is 20.3. The van der Waals surface area contributed by atoms with Crippen LogP contribution in [0, 0.1) is 23.2 Å². The first kappa shape index (κ1) is 41.3. The molecule has 0 aromatic heterocycles. The van der Waals surface area contributed by atoms with Crippen molar-refractivity contribution in [2.24, 2.45) is 23.2 Å². The van der Waals surface area contributed by atoms with Crippen molar-refractivity contribution in [3.63, 3.8) is 0 Å². The molecule has 3 N–H and O–H groups in total. The quantitative estimate of drug-likeness (QED) is 0.211. The minimum atomic E-state index is -1.42. The van der Waals surface area contributed by atoms with Crippen molar-refractivity contribution in [1.82, 2.24) is 9.80 Å². The Kier molecular flexibility index (Phi) is 11.3. The van der Waals surface area contributed by atoms with Crippen molar-refractivity contribution >= 4 is 11.9 Å². The van der Waals surface area contributed by atoms with Crippen LogP contribution in [0.4, 0.5) is 0 Å². The molecule has 280 valence electrons. The van der Waals surface area contributed by atoms with Gasteiger partial charge in [-0.25, -0.2) is 0 Å². The lowest BCUT2D eigenvalue weighted by molar-refractivity contribution is -0.165. The highest BCUT2D eigenvalue weighted by molar-refractivity contribution is 5.92. The molecule has 1 aromatic carbocycles. The highest BCUT2D eigenvalue weighted by atomic mass is 16.4. The Morgan fingerprint density at radius 1 is 0.755 bits per heavy atom. The molecular formula is C42H72N2O5. The predicted octanol–water partition coefficient (Wildman–Crippen LogP) is 9.27. The van der Waals surface area contributed by atoms with Crippen LogP contribution in [0.15, 0.2) is 12.1 Å². The van der Waals surface area contributed by atoms with E-state index < -0.39 is 17.9 Å². The molecule has 2 atom stereocenters. The van der Waals surface area contributed by atoms with Gasteiger partial charge in [0.25, 0.3) is 0 Å². The number of rotatable bonds is 10. The topological polar surface area (TPSA) is 101 Å². The fourth-order valence-corrected chi connectivity index (χ4v) is 10.3. The molecule has 1 aromatic rings. The molecule has 2 unspecified atom stereocenters. The Hall–Kier alpha value is -2.12. The number of benzene rings is 1. The van der Waals surface area contributed by atoms with Crippen LogP contribution in [0.5, 0.6) is 5.75 Å². The van der Waals surface area contributed by atoms with Crippen LogP contribution in [0.1, 0.15) is 159 Å². The first-order valence-corrected chi connectivity index (χ1v) is 18.7. The summed E-state index contributed by atoms with van der Waals surface area (Å²) in [4.78, 5) is 29.3. The lowest BCUT2D eigenvalue weighted by Gasteiger charge is -2.67. The van der Waals surface area contributed by atoms with Crippen LogP contribution in [0.3, 0.4) is 0 Å². The van der Waals surface area contributed by atoms with Gasteiger partial charge in [0.2, 0.25) is 0 Å². The number of piperidine rings is 2. The summed E-state index contributed by atoms with van der Waals surface area (Å²) in [5, 5.41) is 31.5. The summed E-state index contributed by atoms with van der Waals surface area (Å²) in [5.74, 6) is -3.09. The van der Waals surface area contributed by atoms with Gasteiger partial charge in [0, 0.05) is 22.2 Å². The van der Waals surface area contributed by atoms with Crippen molar-refractivity contribution in [1.29, 1.82) is 0 Å². The molecule has 0 aliphatic carbocycles. The van der Waals surface area contributed by atoms with Gasteiger partial charge >= 0.3 is 11.9 Å². The molecule has 3 rings (SSSR count). The van der Waals surface area contributed by atoms with Crippen molar-refractivity contribution in [2.75, 3.05) is 14.1 Å². The number of phenols is 1. The molecule has 0 radical (unpaired) electrons. The molecule has 2 aliphatic heterocycles. The van der Waals surface area contributed by atoms with Gasteiger partial charge in [-0.3, -0.25) is 19.4 Å². The van der Waals surface area contributed by atoms with Gasteiger partial charge in [0.05, 0.1) is 0 Å². The van der Waals surface area contributed by atoms with Crippen LogP contribution in [0.2, 0.25) is 0 Å². The third-order valence-corrected chi connectivity index (χ3v) is 13.8. The van der Waals surface area contributed by atoms with E-state index in [2.05, 4.69) is 133 Å². The Bertz CT molecular complexity index is 1290. The maximum atomic E-state index is 12.1. The molecule has 0 spiro atoms. The lowest BCUT2D eigenvalue weighted by atomic mass is 9.47. The van der Waals surface area contributed by atoms with Crippen molar-refractivity contribution in [3.8, 4) is 5.75 Å². The molecule has 2 saturated heterocycles. The van der Waals surface area contributed by atoms with E-state index in [1.165, 1.54) is 5.56 Å². The van der Waals surface area contributed by atoms with Gasteiger partial charge in [-0.15, -0.1) is 0 Å². The van der Waals surface area contributed by atoms with Crippen molar-refractivity contribution in [3.05, 3.63) is 28.8 Å². The van der Waals surface area contributed by atoms with Crippen molar-refractivity contribution in [2.45, 2.75) is 181 Å². The fraction of sp³-hybridized carbons (Fsp3) is 0.810. The number of phenolic OH excluding ortho intramolecular Hbond substituents is 1. The SMILES string of the molecule is CN1C(C)(C)CCC(C(CCCC(C(=O)O)C(=O)O)(Cc2cc(C(C)(C)C)c(O)c(C(C)(C)C)c2)C2CCC(C)(C)N(C)C2(C)C)C1(C)C. The van der Waals surface area contributed by atoms with Crippen molar-refractivity contribution < 1.29 is 24.9 Å². The maximum absolute atomic E-state index is 12.1. The van der Waals surface area contributed by atoms with Gasteiger partial charge in [-0.1, -0.05) is 60.1 Å². The number of carboxylic acids is 2. The summed E-state index contributed by atoms with van der Waals surface area (Å²) >= 11 is 0. The van der Waals surface area contributed by atoms with Gasteiger partial charge < -0.3 is 15.3 Å². The first-order valence-electron chi connectivity index (χ1n) is 18.7. The van der Waals surface area contributed by atoms with Crippen LogP contribution in [-0.4, -0.2) is 73.3 Å². The van der Waals surface area contributed by atoms with Crippen LogP contribution < -0.4 is 0 Å². The third kappa shape index (κ3) is 7.88. The number of aliphatic carboxylic acids is 2. The Balaban J connectivity index is 2.43. The molecular weight excluding hydrogens is 612 g/mol. The molecule has 49 heavy (non-hydrogen) atoms. The number of likely N-dealkylation sites (tertiary alicyclic amines) is 2. The van der Waals surface area contributed by atoms with E-state index in [4.69, 9.17) is 0 Å². The molecule has 2 aliphatic rings. The number of aromatic hydroxyl groups is 1. The molecule has 7 heteroatoms. The smallest absolute Gasteiger partial charge is 0.317 e. The number of carbonyl (C=O) groups is 2. The minimum Gasteiger partial charge on any atom is -0.507 e. The summed E-state index contributed by atoms with van der Waals surface area (Å²) in [6, 6.07) is 4.48. The first-order chi connectivity index (χ1) is 21.9. The largest absolute Gasteiger partial charge is 0.507 e. The van der Waals surface area contributed by atoms with Gasteiger partial charge in [0.1, 0.15) is 5.75 Å². The van der Waals surface area contributed by atoms with E-state index in [1.807, 2.05) is 0 Å². The van der Waals surface area contributed by atoms with E-state index in [0.29, 0.717) is 12.2 Å². The Morgan fingerprint density at radius 2 is 1.12 bits per heavy atom. The molecule has 2 heterocycles. The molecule has 7 nitrogen and oxygen atoms in total. The zero-order valence-electron chi connectivity index (χ0n) is 34.1. The number of hydrogen-bond donors (Lipinski definition) is 3. The van der Waals surface area contributed by atoms with E-state index in [1.54, 1.807) is 0 Å². The summed E-state index contributed by atoms with van der Waals surface area (Å²) in [6.45, 7) is 31.9. The Labute approximate surface area is 299 Å². The molecule has 0 saturated carbocycles. The normalized spacial score (nSPS) is 25.6. The van der Waals surface area contributed by atoms with E-state index >= 15 is 0 Å². The average molecular weight is 685 g/mol. The maximum Gasteiger partial charge on any atom is 0.317 e. The molecule has 0 amide bonds. The molecule has 0 bridgehead atoms. The van der Waals surface area contributed by atoms with Gasteiger partial charge in [0.15, 0.2) is 5.92 Å². The second kappa shape index (κ2) is 13.5. The summed E-state index contributed by atoms with van der Waals surface area (Å²) in [5.41, 5.74) is 1.88. The van der Waals surface area contributed by atoms with Crippen LogP contribution in [0.25, 0.3) is 0 Å². The summed E-state index contributed by atoms with van der Waals surface area (Å²) in [6.07, 6.45) is 6.25. The third-order valence-electron chi connectivity index (χ3n) is 13.8. The highest BCUT2D eigenvalue weighted by Gasteiger charge is 2.61. The van der Waals surface area contributed by atoms with Gasteiger partial charge in [-0.2, -0.15) is 0 Å². The number of carboxylic acid groups (broad SMARTS) is 2. The zero-order chi connectivity index (χ0) is 37.9. The second-order valence-corrected chi connectivity index (χ2v) is 20.3. The minimum absolute atomic E-state index is 0.0155. The summed E-state index contributed by atoms with van der Waals surface area (Å²) < 4.78 is 0. The zero-order valence-corrected chi connectivity index (χ0v) is 34.1. The van der Waals surface area contributed by atoms with Gasteiger partial charge in [-0.05, 0) is 159 Å².